The molecule has 1 fully saturated rings. The Hall–Kier alpha value is -4.16. The normalized spacial score (nSPS) is 14.9. The highest BCUT2D eigenvalue weighted by molar-refractivity contribution is 9.10. The molecule has 0 atom stereocenters. The Balaban J connectivity index is 1.68. The summed E-state index contributed by atoms with van der Waals surface area (Å²) in [5.74, 6) is -1.31. The van der Waals surface area contributed by atoms with E-state index in [4.69, 9.17) is 13.7 Å². The average molecular weight is 601 g/mol. The summed E-state index contributed by atoms with van der Waals surface area (Å²) >= 11 is 3.28. The van der Waals surface area contributed by atoms with Gasteiger partial charge in [0.05, 0.1) is 24.4 Å². The minimum absolute atomic E-state index is 0.0219. The number of carbonyl (C=O) groups excluding carboxylic acids is 3. The van der Waals surface area contributed by atoms with Crippen molar-refractivity contribution in [3.8, 4) is 17.2 Å². The number of amides is 4. The predicted octanol–water partition coefficient (Wildman–Crippen LogP) is 4.21. The second-order valence-electron chi connectivity index (χ2n) is 8.04. The van der Waals surface area contributed by atoms with Gasteiger partial charge in [0, 0.05) is 0 Å². The molecule has 1 heterocycles. The van der Waals surface area contributed by atoms with Gasteiger partial charge in [-0.15, -0.1) is 0 Å². The van der Waals surface area contributed by atoms with E-state index in [1.165, 1.54) is 56.7 Å². The van der Waals surface area contributed by atoms with Crippen LogP contribution in [0.15, 0.2) is 75.6 Å². The van der Waals surface area contributed by atoms with Crippen molar-refractivity contribution in [3.63, 3.8) is 0 Å². The van der Waals surface area contributed by atoms with Crippen molar-refractivity contribution in [1.29, 1.82) is 0 Å². The summed E-state index contributed by atoms with van der Waals surface area (Å²) in [6.45, 7) is 1.83. The third-order valence-electron chi connectivity index (χ3n) is 5.50. The Morgan fingerprint density at radius 3 is 2.18 bits per heavy atom. The lowest BCUT2D eigenvalue weighted by molar-refractivity contribution is -0.122. The summed E-state index contributed by atoms with van der Waals surface area (Å²) in [4.78, 5) is 39.0. The lowest BCUT2D eigenvalue weighted by atomic mass is 10.1. The highest BCUT2D eigenvalue weighted by Gasteiger charge is 2.37. The number of carbonyl (C=O) groups is 3. The van der Waals surface area contributed by atoms with Crippen LogP contribution >= 0.6 is 15.9 Å². The van der Waals surface area contributed by atoms with Gasteiger partial charge < -0.3 is 13.7 Å². The van der Waals surface area contributed by atoms with E-state index < -0.39 is 28.0 Å². The van der Waals surface area contributed by atoms with Gasteiger partial charge in [0.15, 0.2) is 11.5 Å². The molecule has 1 aliphatic rings. The van der Waals surface area contributed by atoms with Crippen LogP contribution in [0.1, 0.15) is 11.1 Å². The highest BCUT2D eigenvalue weighted by Crippen LogP contribution is 2.39. The van der Waals surface area contributed by atoms with Gasteiger partial charge in [-0.3, -0.25) is 14.9 Å². The van der Waals surface area contributed by atoms with Gasteiger partial charge in [-0.25, -0.2) is 9.69 Å². The topological polar surface area (TPSA) is 128 Å². The molecular formula is C26H21BrN2O8S. The van der Waals surface area contributed by atoms with E-state index in [0.717, 1.165) is 10.5 Å². The SMILES string of the molecule is COc1ccc(N2C(=O)NC(=O)/C(=C\c3cc(Br)c(OS(=O)(=O)c4ccc(C)cc4)c(OC)c3)C2=O)cc1. The van der Waals surface area contributed by atoms with Crippen LogP contribution in [0.5, 0.6) is 17.2 Å². The maximum atomic E-state index is 13.2. The molecule has 3 aromatic rings. The Morgan fingerprint density at radius 2 is 1.58 bits per heavy atom. The molecule has 196 valence electrons. The van der Waals surface area contributed by atoms with Crippen molar-refractivity contribution < 1.29 is 36.5 Å². The van der Waals surface area contributed by atoms with Crippen molar-refractivity contribution in [1.82, 2.24) is 5.32 Å². The number of methoxy groups -OCH3 is 2. The molecule has 0 aliphatic carbocycles. The number of hydrogen-bond acceptors (Lipinski definition) is 8. The third-order valence-corrected chi connectivity index (χ3v) is 7.32. The molecule has 10 nitrogen and oxygen atoms in total. The van der Waals surface area contributed by atoms with Gasteiger partial charge in [-0.2, -0.15) is 8.42 Å². The molecule has 3 aromatic carbocycles. The second kappa shape index (κ2) is 10.7. The molecule has 12 heteroatoms. The average Bonchev–Trinajstić information content (AvgIpc) is 2.88. The summed E-state index contributed by atoms with van der Waals surface area (Å²) < 4.78 is 41.6. The molecule has 38 heavy (non-hydrogen) atoms. The molecule has 0 saturated carbocycles. The number of benzene rings is 3. The largest absolute Gasteiger partial charge is 0.497 e. The summed E-state index contributed by atoms with van der Waals surface area (Å²) in [5.41, 5.74) is 1.09. The number of halogens is 1. The Labute approximate surface area is 227 Å². The van der Waals surface area contributed by atoms with Crippen LogP contribution in [-0.2, 0) is 19.7 Å². The minimum Gasteiger partial charge on any atom is -0.497 e. The van der Waals surface area contributed by atoms with Crippen molar-refractivity contribution in [2.45, 2.75) is 11.8 Å². The molecule has 0 spiro atoms. The van der Waals surface area contributed by atoms with Gasteiger partial charge in [-0.1, -0.05) is 17.7 Å². The fourth-order valence-electron chi connectivity index (χ4n) is 3.56. The zero-order chi connectivity index (χ0) is 27.6. The first-order valence-corrected chi connectivity index (χ1v) is 13.2. The zero-order valence-electron chi connectivity index (χ0n) is 20.4. The number of nitrogens with one attached hydrogen (secondary N) is 1. The van der Waals surface area contributed by atoms with Crippen LogP contribution in [0, 0.1) is 6.92 Å². The maximum absolute atomic E-state index is 13.2. The molecule has 0 radical (unpaired) electrons. The summed E-state index contributed by atoms with van der Waals surface area (Å²) in [5, 5.41) is 2.15. The van der Waals surface area contributed by atoms with E-state index in [1.807, 2.05) is 6.92 Å². The summed E-state index contributed by atoms with van der Waals surface area (Å²) in [6.07, 6.45) is 1.26. The first-order valence-electron chi connectivity index (χ1n) is 11.0. The van der Waals surface area contributed by atoms with Crippen LogP contribution in [-0.4, -0.2) is 40.5 Å². The predicted molar refractivity (Wildman–Crippen MR) is 142 cm³/mol. The molecule has 0 aromatic heterocycles. The van der Waals surface area contributed by atoms with E-state index in [1.54, 1.807) is 24.3 Å². The van der Waals surface area contributed by atoms with Gasteiger partial charge in [-0.05, 0) is 83.0 Å². The fourth-order valence-corrected chi connectivity index (χ4v) is 5.16. The molecule has 1 saturated heterocycles. The fraction of sp³-hybridized carbons (Fsp3) is 0.115. The lowest BCUT2D eigenvalue weighted by Gasteiger charge is -2.26. The summed E-state index contributed by atoms with van der Waals surface area (Å²) in [7, 11) is -1.40. The van der Waals surface area contributed by atoms with Gasteiger partial charge in [0.2, 0.25) is 0 Å². The number of urea groups is 1. The first-order chi connectivity index (χ1) is 18.0. The van der Waals surface area contributed by atoms with Gasteiger partial charge in [0.1, 0.15) is 16.2 Å². The Bertz CT molecular complexity index is 1570. The molecule has 1 aliphatic heterocycles. The van der Waals surface area contributed by atoms with E-state index in [2.05, 4.69) is 21.2 Å². The molecule has 1 N–H and O–H groups in total. The van der Waals surface area contributed by atoms with Crippen LogP contribution in [0.4, 0.5) is 10.5 Å². The summed E-state index contributed by atoms with van der Waals surface area (Å²) in [6, 6.07) is 14.2. The smallest absolute Gasteiger partial charge is 0.339 e. The third kappa shape index (κ3) is 5.41. The number of ether oxygens (including phenoxy) is 2. The van der Waals surface area contributed by atoms with Gasteiger partial charge in [0.25, 0.3) is 11.8 Å². The molecule has 0 unspecified atom stereocenters. The number of hydrogen-bond donors (Lipinski definition) is 1. The number of imide groups is 2. The number of anilines is 1. The Kier molecular flexibility index (Phi) is 7.56. The van der Waals surface area contributed by atoms with Crippen LogP contribution in [0.25, 0.3) is 6.08 Å². The van der Waals surface area contributed by atoms with E-state index in [9.17, 15) is 22.8 Å². The second-order valence-corrected chi connectivity index (χ2v) is 10.4. The standard InChI is InChI=1S/C26H21BrN2O8S/c1-15-4-10-19(11-5-15)38(33,34)37-23-21(27)13-16(14-22(23)36-3)12-20-24(30)28-26(32)29(25(20)31)17-6-8-18(35-2)9-7-17/h4-14H,1-3H3,(H,28,30,32)/b20-12+. The first kappa shape index (κ1) is 26.9. The van der Waals surface area contributed by atoms with Gasteiger partial charge >= 0.3 is 16.1 Å². The van der Waals surface area contributed by atoms with Crippen molar-refractivity contribution in [2.24, 2.45) is 0 Å². The number of rotatable bonds is 7. The molecule has 0 bridgehead atoms. The van der Waals surface area contributed by atoms with Crippen LogP contribution in [0.3, 0.4) is 0 Å². The van der Waals surface area contributed by atoms with Crippen molar-refractivity contribution in [3.05, 3.63) is 81.8 Å². The zero-order valence-corrected chi connectivity index (χ0v) is 22.8. The lowest BCUT2D eigenvalue weighted by Crippen LogP contribution is -2.54. The van der Waals surface area contributed by atoms with Crippen LogP contribution < -0.4 is 23.9 Å². The monoisotopic (exact) mass is 600 g/mol. The minimum atomic E-state index is -4.19. The highest BCUT2D eigenvalue weighted by atomic mass is 79.9. The number of barbiturate groups is 1. The van der Waals surface area contributed by atoms with Crippen molar-refractivity contribution >= 4 is 55.7 Å². The van der Waals surface area contributed by atoms with E-state index in [-0.39, 0.29) is 32.1 Å². The van der Waals surface area contributed by atoms with Crippen LogP contribution in [0.2, 0.25) is 0 Å². The van der Waals surface area contributed by atoms with E-state index in [0.29, 0.717) is 11.3 Å². The number of nitrogens with zero attached hydrogens (tertiary/aromatic N) is 1. The molecule has 4 rings (SSSR count). The van der Waals surface area contributed by atoms with E-state index >= 15 is 0 Å². The van der Waals surface area contributed by atoms with Crippen molar-refractivity contribution in [2.75, 3.05) is 19.1 Å². The quantitative estimate of drug-likeness (QED) is 0.243. The maximum Gasteiger partial charge on any atom is 0.339 e. The molecule has 4 amide bonds. The number of aryl methyl sites for hydroxylation is 1. The molecular weight excluding hydrogens is 580 g/mol. The Morgan fingerprint density at radius 1 is 0.921 bits per heavy atom.